The van der Waals surface area contributed by atoms with E-state index in [1.807, 2.05) is 0 Å². The number of hydrogen-bond donors (Lipinski definition) is 3. The van der Waals surface area contributed by atoms with Crippen molar-refractivity contribution >= 4 is 5.97 Å². The molecule has 0 spiro atoms. The molecule has 0 aromatic heterocycles. The summed E-state index contributed by atoms with van der Waals surface area (Å²) in [7, 11) is 0. The molecule has 0 bridgehead atoms. The molecular formula is C8H8O4. The predicted molar refractivity (Wildman–Crippen MR) is 41.5 cm³/mol. The van der Waals surface area contributed by atoms with E-state index in [1.54, 1.807) is 0 Å². The van der Waals surface area contributed by atoms with Crippen LogP contribution in [0.1, 0.15) is 15.9 Å². The number of carbonyl (C=O) groups is 1. The van der Waals surface area contributed by atoms with Gasteiger partial charge in [0.1, 0.15) is 17.1 Å². The number of carboxylic acids is 1. The third kappa shape index (κ3) is 1.32. The van der Waals surface area contributed by atoms with Crippen LogP contribution in [0.25, 0.3) is 0 Å². The fourth-order valence-electron chi connectivity index (χ4n) is 1.03. The van der Waals surface area contributed by atoms with Gasteiger partial charge in [-0.05, 0) is 18.6 Å². The quantitative estimate of drug-likeness (QED) is 0.595. The van der Waals surface area contributed by atoms with Crippen molar-refractivity contribution in [1.29, 1.82) is 0 Å². The predicted octanol–water partition coefficient (Wildman–Crippen LogP) is 1.10. The lowest BCUT2D eigenvalue weighted by molar-refractivity contribution is 0.0693. The minimum absolute atomic E-state index is 0.144. The molecule has 0 fully saturated rings. The summed E-state index contributed by atoms with van der Waals surface area (Å²) in [5.74, 6) is -1.76. The average molecular weight is 174 g/mol. The summed E-state index contributed by atoms with van der Waals surface area (Å²) < 4.78 is 0. The Morgan fingerprint density at radius 2 is 1.92 bits per heavy atom. The molecule has 0 atom stereocenters. The Hall–Kier alpha value is -1.71. The van der Waals surface area contributed by atoms with Crippen LogP contribution in [0, 0.1) is 6.92 Å². The summed E-state index contributed by atoms with van der Waals surface area (Å²) in [6, 6.07) is 2.28. The number of aryl methyl sites for hydroxylation is 1. The Labute approximate surface area is 68.7 Å². The lowest BCUT2D eigenvalue weighted by Crippen LogP contribution is -1.99. The van der Waals surface area contributed by atoms with E-state index in [1.165, 1.54) is 13.0 Å². The third-order valence-electron chi connectivity index (χ3n) is 1.51. The van der Waals surface area contributed by atoms with Crippen LogP contribution >= 0.6 is 0 Å². The SMILES string of the molecule is C[13c]1[13cH][13c](O)[13cH][13c](O)[13c]1C(=O)O. The van der Waals surface area contributed by atoms with Gasteiger partial charge in [0.05, 0.1) is 0 Å². The number of benzene rings is 1. The van der Waals surface area contributed by atoms with Crippen LogP contribution in [-0.2, 0) is 0 Å². The first-order valence-corrected chi connectivity index (χ1v) is 3.28. The molecule has 0 radical (unpaired) electrons. The molecular weight excluding hydrogens is 166 g/mol. The highest BCUT2D eigenvalue weighted by atomic mass is 16.4. The van der Waals surface area contributed by atoms with E-state index in [0.717, 1.165) is 6.07 Å². The van der Waals surface area contributed by atoms with Crippen molar-refractivity contribution in [1.82, 2.24) is 0 Å². The molecule has 1 aromatic carbocycles. The second kappa shape index (κ2) is 2.73. The Morgan fingerprint density at radius 1 is 1.33 bits per heavy atom. The van der Waals surface area contributed by atoms with Crippen LogP contribution in [0.4, 0.5) is 0 Å². The zero-order valence-electron chi connectivity index (χ0n) is 6.40. The first-order valence-electron chi connectivity index (χ1n) is 3.28. The van der Waals surface area contributed by atoms with Gasteiger partial charge in [0.25, 0.3) is 0 Å². The van der Waals surface area contributed by atoms with Gasteiger partial charge in [-0.1, -0.05) is 0 Å². The molecule has 0 amide bonds. The monoisotopic (exact) mass is 174 g/mol. The second-order valence-corrected chi connectivity index (χ2v) is 2.46. The number of aromatic carboxylic acids is 1. The Kier molecular flexibility index (Phi) is 1.91. The minimum Gasteiger partial charge on any atom is -0.508 e. The largest absolute Gasteiger partial charge is 0.508 e. The zero-order valence-corrected chi connectivity index (χ0v) is 6.40. The van der Waals surface area contributed by atoms with Crippen molar-refractivity contribution in [3.8, 4) is 11.5 Å². The molecule has 0 saturated heterocycles. The Bertz CT molecular complexity index is 307. The van der Waals surface area contributed by atoms with Crippen molar-refractivity contribution in [2.24, 2.45) is 0 Å². The number of phenols is 2. The maximum Gasteiger partial charge on any atom is 0.339 e. The number of carboxylic acid groups (broad SMARTS) is 1. The van der Waals surface area contributed by atoms with E-state index in [9.17, 15) is 4.79 Å². The molecule has 12 heavy (non-hydrogen) atoms. The molecule has 64 valence electrons. The average Bonchev–Trinajstić information content (AvgIpc) is 1.82. The summed E-state index contributed by atoms with van der Waals surface area (Å²) in [4.78, 5) is 10.5. The van der Waals surface area contributed by atoms with E-state index in [4.69, 9.17) is 15.3 Å². The van der Waals surface area contributed by atoms with Crippen LogP contribution in [0.3, 0.4) is 0 Å². The standard InChI is InChI=1S/C8H8O4/c1-4-2-5(9)3-6(10)7(4)8(11)12/h2-3,9-10H,1H3,(H,11,12)/i2+1,3+1,4+1,5+1,6+1,7+1. The summed E-state index contributed by atoms with van der Waals surface area (Å²) >= 11 is 0. The van der Waals surface area contributed by atoms with Crippen molar-refractivity contribution in [3.05, 3.63) is 23.3 Å². The number of rotatable bonds is 1. The maximum atomic E-state index is 10.5. The summed E-state index contributed by atoms with van der Waals surface area (Å²) in [5.41, 5.74) is 0.160. The third-order valence-corrected chi connectivity index (χ3v) is 1.51. The Balaban J connectivity index is 3.38. The zero-order chi connectivity index (χ0) is 9.30. The number of aromatic hydroxyl groups is 2. The van der Waals surface area contributed by atoms with Gasteiger partial charge in [-0.25, -0.2) is 4.79 Å². The second-order valence-electron chi connectivity index (χ2n) is 2.46. The van der Waals surface area contributed by atoms with Crippen molar-refractivity contribution < 1.29 is 20.1 Å². The molecule has 0 aliphatic heterocycles. The highest BCUT2D eigenvalue weighted by Gasteiger charge is 2.13. The fraction of sp³-hybridized carbons (Fsp3) is 0.125. The topological polar surface area (TPSA) is 77.8 Å². The smallest absolute Gasteiger partial charge is 0.339 e. The molecule has 1 rings (SSSR count). The molecule has 0 aliphatic rings. The molecule has 1 aromatic rings. The maximum absolute atomic E-state index is 10.5. The molecule has 4 nitrogen and oxygen atoms in total. The molecule has 0 saturated carbocycles. The first-order chi connectivity index (χ1) is 5.52. The minimum atomic E-state index is -1.20. The van der Waals surface area contributed by atoms with Crippen LogP contribution in [-0.4, -0.2) is 21.3 Å². The Morgan fingerprint density at radius 3 is 2.33 bits per heavy atom. The molecule has 3 N–H and O–H groups in total. The van der Waals surface area contributed by atoms with Gasteiger partial charge in [0.15, 0.2) is 0 Å². The summed E-state index contributed by atoms with van der Waals surface area (Å²) in [6.07, 6.45) is 0. The van der Waals surface area contributed by atoms with Crippen molar-refractivity contribution in [2.75, 3.05) is 0 Å². The van der Waals surface area contributed by atoms with Gasteiger partial charge in [-0.15, -0.1) is 0 Å². The molecule has 0 unspecified atom stereocenters. The first kappa shape index (κ1) is 8.39. The highest BCUT2D eigenvalue weighted by molar-refractivity contribution is 5.92. The van der Waals surface area contributed by atoms with Crippen LogP contribution < -0.4 is 0 Å². The van der Waals surface area contributed by atoms with Crippen LogP contribution in [0.5, 0.6) is 11.5 Å². The molecule has 0 aliphatic carbocycles. The van der Waals surface area contributed by atoms with Gasteiger partial charge in [-0.3, -0.25) is 0 Å². The van der Waals surface area contributed by atoms with Gasteiger partial charge >= 0.3 is 5.97 Å². The van der Waals surface area contributed by atoms with Gasteiger partial charge in [0.2, 0.25) is 0 Å². The molecule has 0 heterocycles. The lowest BCUT2D eigenvalue weighted by Gasteiger charge is -2.03. The summed E-state index contributed by atoms with van der Waals surface area (Å²) in [6.45, 7) is 1.50. The van der Waals surface area contributed by atoms with Crippen molar-refractivity contribution in [3.63, 3.8) is 0 Å². The summed E-state index contributed by atoms with van der Waals surface area (Å²) in [5, 5.41) is 26.6. The van der Waals surface area contributed by atoms with E-state index in [2.05, 4.69) is 0 Å². The van der Waals surface area contributed by atoms with Gasteiger partial charge in [0, 0.05) is 6.07 Å². The van der Waals surface area contributed by atoms with Crippen LogP contribution in [0.2, 0.25) is 0 Å². The normalized spacial score (nSPS) is 9.75. The van der Waals surface area contributed by atoms with E-state index >= 15 is 0 Å². The van der Waals surface area contributed by atoms with Gasteiger partial charge < -0.3 is 15.3 Å². The fourth-order valence-corrected chi connectivity index (χ4v) is 1.03. The number of hydrogen-bond acceptors (Lipinski definition) is 3. The highest BCUT2D eigenvalue weighted by Crippen LogP contribution is 2.26. The van der Waals surface area contributed by atoms with E-state index in [-0.39, 0.29) is 11.3 Å². The van der Waals surface area contributed by atoms with Gasteiger partial charge in [-0.2, -0.15) is 0 Å². The molecule has 4 heteroatoms. The van der Waals surface area contributed by atoms with Crippen LogP contribution in [0.15, 0.2) is 12.1 Å². The number of phenolic OH excluding ortho intramolecular Hbond substituents is 1. The van der Waals surface area contributed by atoms with E-state index < -0.39 is 11.7 Å². The van der Waals surface area contributed by atoms with E-state index in [0.29, 0.717) is 5.56 Å². The lowest BCUT2D eigenvalue weighted by atomic mass is 10.8. The van der Waals surface area contributed by atoms with Crippen molar-refractivity contribution in [2.45, 2.75) is 6.92 Å².